The molecule has 2 aromatic carbocycles. The maximum absolute atomic E-state index is 12.4. The van der Waals surface area contributed by atoms with Crippen LogP contribution in [0.25, 0.3) is 0 Å². The van der Waals surface area contributed by atoms with Gasteiger partial charge >= 0.3 is 6.61 Å². The van der Waals surface area contributed by atoms with E-state index in [4.69, 9.17) is 4.79 Å². The first-order chi connectivity index (χ1) is 12.7. The molecule has 0 unspecified atom stereocenters. The van der Waals surface area contributed by atoms with Gasteiger partial charge < -0.3 is 14.4 Å². The third kappa shape index (κ3) is 5.00. The standard InChI is InChI=1S/C18H21F2N3O.CH2O/c1-21-22-12-13-7-8-17-14(10-13)4-3-9-23(17)15-5-2-6-16(11-15)24-18(19)20;1-2/h2,5-8,10-11,18,21-22H,3-4,9,12H2,1H3;1H2. The number of hydrogen-bond donors (Lipinski definition) is 2. The average Bonchev–Trinajstić information content (AvgIpc) is 2.67. The van der Waals surface area contributed by atoms with Crippen LogP contribution in [0, 0.1) is 0 Å². The van der Waals surface area contributed by atoms with Gasteiger partial charge in [-0.1, -0.05) is 18.2 Å². The number of carbonyl (C=O) groups excluding carboxylic acids is 1. The fraction of sp³-hybridized carbons (Fsp3) is 0.316. The van der Waals surface area contributed by atoms with E-state index in [0.29, 0.717) is 0 Å². The second kappa shape index (κ2) is 9.84. The first-order valence-corrected chi connectivity index (χ1v) is 8.30. The van der Waals surface area contributed by atoms with E-state index in [1.807, 2.05) is 19.9 Å². The number of alkyl halides is 2. The highest BCUT2D eigenvalue weighted by Crippen LogP contribution is 2.35. The Morgan fingerprint density at radius 1 is 1.23 bits per heavy atom. The Labute approximate surface area is 151 Å². The number of rotatable bonds is 6. The minimum atomic E-state index is -2.81. The van der Waals surface area contributed by atoms with E-state index in [-0.39, 0.29) is 5.75 Å². The fourth-order valence-corrected chi connectivity index (χ4v) is 3.05. The largest absolute Gasteiger partial charge is 0.435 e. The second-order valence-electron chi connectivity index (χ2n) is 5.70. The molecule has 0 fully saturated rings. The van der Waals surface area contributed by atoms with E-state index >= 15 is 0 Å². The lowest BCUT2D eigenvalue weighted by Crippen LogP contribution is -2.27. The van der Waals surface area contributed by atoms with Crippen LogP contribution in [0.5, 0.6) is 5.75 Å². The van der Waals surface area contributed by atoms with Gasteiger partial charge in [-0.3, -0.25) is 10.9 Å². The number of ether oxygens (including phenoxy) is 1. The third-order valence-electron chi connectivity index (χ3n) is 4.09. The van der Waals surface area contributed by atoms with Crippen molar-refractivity contribution in [1.29, 1.82) is 0 Å². The summed E-state index contributed by atoms with van der Waals surface area (Å²) in [5.41, 5.74) is 10.5. The van der Waals surface area contributed by atoms with Crippen molar-refractivity contribution in [3.63, 3.8) is 0 Å². The highest BCUT2D eigenvalue weighted by molar-refractivity contribution is 5.69. The minimum absolute atomic E-state index is 0.185. The van der Waals surface area contributed by atoms with Gasteiger partial charge in [0.25, 0.3) is 0 Å². The summed E-state index contributed by atoms with van der Waals surface area (Å²) in [6, 6.07) is 13.3. The molecule has 0 aliphatic carbocycles. The van der Waals surface area contributed by atoms with Crippen molar-refractivity contribution in [3.05, 3.63) is 53.6 Å². The molecule has 1 aliphatic heterocycles. The number of hydrogen-bond acceptors (Lipinski definition) is 5. The molecule has 0 spiro atoms. The average molecular weight is 363 g/mol. The second-order valence-corrected chi connectivity index (χ2v) is 5.70. The van der Waals surface area contributed by atoms with Crippen molar-refractivity contribution in [2.75, 3.05) is 18.5 Å². The monoisotopic (exact) mass is 363 g/mol. The maximum Gasteiger partial charge on any atom is 0.387 e. The van der Waals surface area contributed by atoms with E-state index in [1.54, 1.807) is 18.2 Å². The Bertz CT molecular complexity index is 713. The van der Waals surface area contributed by atoms with Crippen LogP contribution in [0.15, 0.2) is 42.5 Å². The van der Waals surface area contributed by atoms with Crippen LogP contribution in [0.4, 0.5) is 20.2 Å². The van der Waals surface area contributed by atoms with Crippen LogP contribution in [0.1, 0.15) is 17.5 Å². The number of anilines is 2. The topological polar surface area (TPSA) is 53.6 Å². The summed E-state index contributed by atoms with van der Waals surface area (Å²) in [5.74, 6) is 0.185. The van der Waals surface area contributed by atoms with Crippen LogP contribution in [0.3, 0.4) is 0 Å². The number of hydrazine groups is 1. The molecule has 1 heterocycles. The predicted molar refractivity (Wildman–Crippen MR) is 97.9 cm³/mol. The molecular formula is C19H23F2N3O2. The van der Waals surface area contributed by atoms with Crippen LogP contribution in [-0.4, -0.2) is 27.0 Å². The van der Waals surface area contributed by atoms with Crippen molar-refractivity contribution in [2.45, 2.75) is 26.0 Å². The van der Waals surface area contributed by atoms with Crippen molar-refractivity contribution in [3.8, 4) is 5.75 Å². The molecule has 3 rings (SSSR count). The quantitative estimate of drug-likeness (QED) is 0.771. The number of halogens is 2. The molecule has 2 N–H and O–H groups in total. The summed E-state index contributed by atoms with van der Waals surface area (Å²) in [4.78, 5) is 10.2. The lowest BCUT2D eigenvalue weighted by molar-refractivity contribution is -0.0980. The number of fused-ring (bicyclic) bond motifs is 1. The van der Waals surface area contributed by atoms with Gasteiger partial charge in [0.1, 0.15) is 12.5 Å². The van der Waals surface area contributed by atoms with Gasteiger partial charge in [0.05, 0.1) is 0 Å². The zero-order chi connectivity index (χ0) is 18.9. The molecule has 1 aliphatic rings. The smallest absolute Gasteiger partial charge is 0.387 e. The molecule has 0 amide bonds. The summed E-state index contributed by atoms with van der Waals surface area (Å²) in [6.07, 6.45) is 2.04. The SMILES string of the molecule is C=O.CNNCc1ccc2c(c1)CCCN2c1cccc(OC(F)F)c1. The lowest BCUT2D eigenvalue weighted by Gasteiger charge is -2.32. The molecule has 0 saturated heterocycles. The normalized spacial score (nSPS) is 13.0. The Morgan fingerprint density at radius 2 is 2.04 bits per heavy atom. The summed E-state index contributed by atoms with van der Waals surface area (Å²) in [7, 11) is 1.84. The van der Waals surface area contributed by atoms with Crippen molar-refractivity contribution in [2.24, 2.45) is 0 Å². The van der Waals surface area contributed by atoms with Gasteiger partial charge in [0.2, 0.25) is 0 Å². The third-order valence-corrected chi connectivity index (χ3v) is 4.09. The number of carbonyl (C=O) groups is 1. The fourth-order valence-electron chi connectivity index (χ4n) is 3.05. The van der Waals surface area contributed by atoms with Crippen LogP contribution in [-0.2, 0) is 17.8 Å². The summed E-state index contributed by atoms with van der Waals surface area (Å²) in [6.45, 7) is 0.803. The molecule has 0 radical (unpaired) electrons. The Kier molecular flexibility index (Phi) is 7.50. The molecular weight excluding hydrogens is 340 g/mol. The van der Waals surface area contributed by atoms with E-state index in [9.17, 15) is 8.78 Å². The Balaban J connectivity index is 0.00000117. The molecule has 26 heavy (non-hydrogen) atoms. The van der Waals surface area contributed by atoms with Gasteiger partial charge in [-0.05, 0) is 49.2 Å². The molecule has 7 heteroatoms. The molecule has 5 nitrogen and oxygen atoms in total. The highest BCUT2D eigenvalue weighted by atomic mass is 19.3. The van der Waals surface area contributed by atoms with E-state index in [0.717, 1.165) is 37.3 Å². The molecule has 140 valence electrons. The first-order valence-electron chi connectivity index (χ1n) is 8.30. The predicted octanol–water partition coefficient (Wildman–Crippen LogP) is 3.41. The van der Waals surface area contributed by atoms with E-state index in [1.165, 1.54) is 11.1 Å². The van der Waals surface area contributed by atoms with Crippen LogP contribution >= 0.6 is 0 Å². The summed E-state index contributed by atoms with van der Waals surface area (Å²) in [5, 5.41) is 0. The first kappa shape index (κ1) is 19.8. The summed E-state index contributed by atoms with van der Waals surface area (Å²) < 4.78 is 29.4. The van der Waals surface area contributed by atoms with Crippen molar-refractivity contribution >= 4 is 18.2 Å². The van der Waals surface area contributed by atoms with E-state index < -0.39 is 6.61 Å². The molecule has 0 bridgehead atoms. The Hall–Kier alpha value is -2.51. The molecule has 0 aromatic heterocycles. The maximum atomic E-state index is 12.4. The van der Waals surface area contributed by atoms with Crippen LogP contribution < -0.4 is 20.5 Å². The highest BCUT2D eigenvalue weighted by Gasteiger charge is 2.19. The molecule has 0 saturated carbocycles. The number of aryl methyl sites for hydroxylation is 1. The number of benzene rings is 2. The zero-order valence-electron chi connectivity index (χ0n) is 14.7. The van der Waals surface area contributed by atoms with Gasteiger partial charge in [0, 0.05) is 30.5 Å². The van der Waals surface area contributed by atoms with Crippen molar-refractivity contribution in [1.82, 2.24) is 10.9 Å². The molecule has 0 atom stereocenters. The van der Waals surface area contributed by atoms with Gasteiger partial charge in [0.15, 0.2) is 0 Å². The van der Waals surface area contributed by atoms with Crippen molar-refractivity contribution < 1.29 is 18.3 Å². The Morgan fingerprint density at radius 3 is 2.77 bits per heavy atom. The lowest BCUT2D eigenvalue weighted by atomic mass is 9.98. The summed E-state index contributed by atoms with van der Waals surface area (Å²) >= 11 is 0. The number of nitrogens with one attached hydrogen (secondary N) is 2. The minimum Gasteiger partial charge on any atom is -0.435 e. The van der Waals surface area contributed by atoms with Gasteiger partial charge in [-0.25, -0.2) is 0 Å². The van der Waals surface area contributed by atoms with Gasteiger partial charge in [-0.2, -0.15) is 8.78 Å². The number of nitrogens with zero attached hydrogens (tertiary/aromatic N) is 1. The molecule has 2 aromatic rings. The van der Waals surface area contributed by atoms with Crippen LogP contribution in [0.2, 0.25) is 0 Å². The van der Waals surface area contributed by atoms with Gasteiger partial charge in [-0.15, -0.1) is 0 Å². The zero-order valence-corrected chi connectivity index (χ0v) is 14.7. The van der Waals surface area contributed by atoms with E-state index in [2.05, 4.69) is 38.7 Å².